The van der Waals surface area contributed by atoms with E-state index in [0.717, 1.165) is 0 Å². The van der Waals surface area contributed by atoms with Crippen LogP contribution in [0.25, 0.3) is 0 Å². The number of hydrogen-bond donors (Lipinski definition) is 0. The van der Waals surface area contributed by atoms with E-state index < -0.39 is 7.26 Å². The maximum Gasteiger partial charge on any atom is 0.0586 e. The highest BCUT2D eigenvalue weighted by atomic mass is 35.5. The van der Waals surface area contributed by atoms with Gasteiger partial charge in [-0.2, -0.15) is 0 Å². The van der Waals surface area contributed by atoms with Crippen LogP contribution in [-0.4, -0.2) is 26.2 Å². The molecule has 0 saturated carbocycles. The normalized spacial score (nSPS) is 11.8. The average molecular weight is 758 g/mol. The first-order valence-corrected chi connectivity index (χ1v) is 27.7. The largest absolute Gasteiger partial charge is 1.00 e. The third-order valence-electron chi connectivity index (χ3n) is 11.7. The second-order valence-electron chi connectivity index (χ2n) is 18.2. The maximum absolute atomic E-state index is 2.49. The van der Waals surface area contributed by atoms with Crippen molar-refractivity contribution >= 4 is 7.26 Å². The second-order valence-corrected chi connectivity index (χ2v) is 23.2. The van der Waals surface area contributed by atoms with Crippen LogP contribution in [0.5, 0.6) is 0 Å². The first-order chi connectivity index (χ1) is 24.6. The van der Waals surface area contributed by atoms with Crippen molar-refractivity contribution in [3.05, 3.63) is 0 Å². The van der Waals surface area contributed by atoms with Gasteiger partial charge in [0.1, 0.15) is 0 Å². The Morgan fingerprint density at radius 2 is 0.314 bits per heavy atom. The molecule has 0 aliphatic heterocycles. The minimum atomic E-state index is -0.524. The van der Waals surface area contributed by atoms with Crippen molar-refractivity contribution < 1.29 is 12.4 Å². The van der Waals surface area contributed by atoms with Crippen LogP contribution in [-0.2, 0) is 0 Å². The summed E-state index contributed by atoms with van der Waals surface area (Å²) in [5.74, 6) is 0. The lowest BCUT2D eigenvalue weighted by atomic mass is 10.0. The number of hydrogen-bond acceptors (Lipinski definition) is 0. The van der Waals surface area contributed by atoms with Crippen LogP contribution in [0.2, 0.25) is 0 Å². The summed E-state index contributed by atoms with van der Waals surface area (Å²) >= 11 is 0. The molecule has 0 nitrogen and oxygen atoms in total. The van der Waals surface area contributed by atoms with Crippen LogP contribution >= 0.6 is 7.26 Å². The highest BCUT2D eigenvalue weighted by molar-refractivity contribution is 7.73. The predicted molar refractivity (Wildman–Crippen MR) is 238 cm³/mol. The number of rotatable bonds is 45. The zero-order valence-corrected chi connectivity index (χ0v) is 38.3. The summed E-state index contributed by atoms with van der Waals surface area (Å²) in [5, 5.41) is 0. The molecule has 0 aliphatic rings. The van der Waals surface area contributed by atoms with E-state index in [4.69, 9.17) is 0 Å². The van der Waals surface area contributed by atoms with E-state index >= 15 is 0 Å². The minimum Gasteiger partial charge on any atom is -1.00 e. The third-order valence-corrected chi connectivity index (χ3v) is 13.3. The highest BCUT2D eigenvalue weighted by Crippen LogP contribution is 2.47. The molecule has 0 aromatic rings. The monoisotopic (exact) mass is 757 g/mol. The van der Waals surface area contributed by atoms with E-state index in [0.29, 0.717) is 0 Å². The van der Waals surface area contributed by atoms with Crippen LogP contribution in [0.4, 0.5) is 0 Å². The fourth-order valence-corrected chi connectivity index (χ4v) is 9.26. The molecule has 0 N–H and O–H groups in total. The first kappa shape index (κ1) is 53.8. The molecule has 0 saturated heterocycles. The molecule has 51 heavy (non-hydrogen) atoms. The molecule has 2 heteroatoms. The molecule has 0 radical (unpaired) electrons. The number of halogens is 1. The SMILES string of the molecule is CCCCCCCCCCCCCCCCCCCCCCCCCCCCCCCCCCCCCCCCCCCCCC[P+](C)(C)C.[Cl-]. The average Bonchev–Trinajstić information content (AvgIpc) is 3.09. The van der Waals surface area contributed by atoms with Crippen molar-refractivity contribution in [2.24, 2.45) is 0 Å². The van der Waals surface area contributed by atoms with Gasteiger partial charge in [-0.1, -0.05) is 277 Å². The van der Waals surface area contributed by atoms with Crippen LogP contribution in [0.1, 0.15) is 289 Å². The van der Waals surface area contributed by atoms with E-state index in [2.05, 4.69) is 26.9 Å². The molecule has 0 atom stereocenters. The molecule has 0 aromatic carbocycles. The van der Waals surface area contributed by atoms with Crippen molar-refractivity contribution in [1.82, 2.24) is 0 Å². The van der Waals surface area contributed by atoms with Gasteiger partial charge in [0.2, 0.25) is 0 Å². The van der Waals surface area contributed by atoms with Crippen molar-refractivity contribution in [3.63, 3.8) is 0 Å². The summed E-state index contributed by atoms with van der Waals surface area (Å²) in [7, 11) is -0.524. The van der Waals surface area contributed by atoms with Gasteiger partial charge < -0.3 is 12.4 Å². The van der Waals surface area contributed by atoms with Crippen molar-refractivity contribution in [1.29, 1.82) is 0 Å². The Morgan fingerprint density at radius 3 is 0.431 bits per heavy atom. The zero-order chi connectivity index (χ0) is 36.3. The van der Waals surface area contributed by atoms with Crippen LogP contribution in [0, 0.1) is 0 Å². The molecule has 0 unspecified atom stereocenters. The van der Waals surface area contributed by atoms with E-state index in [9.17, 15) is 0 Å². The van der Waals surface area contributed by atoms with Gasteiger partial charge in [0.05, 0.1) is 6.16 Å². The molecule has 0 rings (SSSR count). The van der Waals surface area contributed by atoms with E-state index in [1.54, 1.807) is 0 Å². The summed E-state index contributed by atoms with van der Waals surface area (Å²) in [4.78, 5) is 0. The Bertz CT molecular complexity index is 583. The summed E-state index contributed by atoms with van der Waals surface area (Å²) in [5.41, 5.74) is 0. The Balaban J connectivity index is 0. The summed E-state index contributed by atoms with van der Waals surface area (Å²) in [6.45, 7) is 9.77. The van der Waals surface area contributed by atoms with Crippen molar-refractivity contribution in [2.45, 2.75) is 289 Å². The predicted octanol–water partition coefficient (Wildman–Crippen LogP) is 16.1. The summed E-state index contributed by atoms with van der Waals surface area (Å²) in [6.07, 6.45) is 67.1. The van der Waals surface area contributed by atoms with Gasteiger partial charge in [-0.15, -0.1) is 0 Å². The molecule has 0 bridgehead atoms. The topological polar surface area (TPSA) is 0 Å². The Hall–Kier alpha value is 0.720. The van der Waals surface area contributed by atoms with E-state index in [-0.39, 0.29) is 12.4 Å². The van der Waals surface area contributed by atoms with Gasteiger partial charge in [-0.3, -0.25) is 0 Å². The Labute approximate surface area is 333 Å². The summed E-state index contributed by atoms with van der Waals surface area (Å²) < 4.78 is 0. The van der Waals surface area contributed by atoms with Gasteiger partial charge in [0.25, 0.3) is 0 Å². The minimum absolute atomic E-state index is 0. The van der Waals surface area contributed by atoms with Crippen molar-refractivity contribution in [2.75, 3.05) is 26.2 Å². The Morgan fingerprint density at radius 1 is 0.196 bits per heavy atom. The Kier molecular flexibility index (Phi) is 49.5. The fraction of sp³-hybridized carbons (Fsp3) is 1.00. The van der Waals surface area contributed by atoms with Gasteiger partial charge in [-0.05, 0) is 12.8 Å². The van der Waals surface area contributed by atoms with Crippen molar-refractivity contribution in [3.8, 4) is 0 Å². The third kappa shape index (κ3) is 52.9. The van der Waals surface area contributed by atoms with E-state index in [1.807, 2.05) is 0 Å². The first-order valence-electron chi connectivity index (χ1n) is 24.4. The van der Waals surface area contributed by atoms with Crippen LogP contribution in [0.3, 0.4) is 0 Å². The molecule has 0 amide bonds. The maximum atomic E-state index is 2.49. The highest BCUT2D eigenvalue weighted by Gasteiger charge is 2.15. The smallest absolute Gasteiger partial charge is 0.0586 e. The van der Waals surface area contributed by atoms with E-state index in [1.165, 1.54) is 289 Å². The lowest BCUT2D eigenvalue weighted by Crippen LogP contribution is -3.00. The fourth-order valence-electron chi connectivity index (χ4n) is 8.08. The lowest BCUT2D eigenvalue weighted by molar-refractivity contribution is -0.0000113. The molecule has 0 heterocycles. The zero-order valence-electron chi connectivity index (χ0n) is 36.6. The standard InChI is InChI=1S/C49H102P.ClH/c1-5-6-7-8-9-10-11-12-13-14-15-16-17-18-19-20-21-22-23-24-25-26-27-28-29-30-31-32-33-34-35-36-37-38-39-40-41-42-43-44-45-46-47-48-49-50(2,3)4;/h5-49H2,1-4H3;1H/q+1;/p-1. The molecular weight excluding hydrogens is 655 g/mol. The van der Waals surface area contributed by atoms with Gasteiger partial charge in [-0.25, -0.2) is 0 Å². The van der Waals surface area contributed by atoms with Gasteiger partial charge >= 0.3 is 0 Å². The van der Waals surface area contributed by atoms with Crippen LogP contribution < -0.4 is 12.4 Å². The lowest BCUT2D eigenvalue weighted by Gasteiger charge is -2.10. The van der Waals surface area contributed by atoms with Gasteiger partial charge in [0, 0.05) is 27.3 Å². The molecule has 0 aromatic heterocycles. The van der Waals surface area contributed by atoms with Crippen LogP contribution in [0.15, 0.2) is 0 Å². The second kappa shape index (κ2) is 46.9. The van der Waals surface area contributed by atoms with Gasteiger partial charge in [0.15, 0.2) is 0 Å². The molecule has 310 valence electrons. The molecule has 0 aliphatic carbocycles. The number of unbranched alkanes of at least 4 members (excludes halogenated alkanes) is 43. The summed E-state index contributed by atoms with van der Waals surface area (Å²) in [6, 6.07) is 0. The molecular formula is C49H102ClP. The molecule has 0 spiro atoms. The quantitative estimate of drug-likeness (QED) is 0.0429. The molecule has 0 fully saturated rings.